The number of carbonyl (C=O) groups excluding carboxylic acids is 1. The lowest BCUT2D eigenvalue weighted by Gasteiger charge is -2.25. The van der Waals surface area contributed by atoms with Crippen molar-refractivity contribution >= 4 is 34.8 Å². The highest BCUT2D eigenvalue weighted by atomic mass is 35.5. The predicted molar refractivity (Wildman–Crippen MR) is 84.6 cm³/mol. The average Bonchev–Trinajstić information content (AvgIpc) is 2.70. The maximum absolute atomic E-state index is 12.4. The first-order valence-electron chi connectivity index (χ1n) is 7.08. The molecule has 0 saturated carbocycles. The van der Waals surface area contributed by atoms with Gasteiger partial charge < -0.3 is 10.2 Å². The molecule has 5 heteroatoms. The van der Waals surface area contributed by atoms with Gasteiger partial charge in [-0.05, 0) is 38.0 Å². The van der Waals surface area contributed by atoms with Crippen LogP contribution in [-0.2, 0) is 4.79 Å². The molecule has 0 radical (unpaired) electrons. The van der Waals surface area contributed by atoms with E-state index in [1.165, 1.54) is 12.8 Å². The van der Waals surface area contributed by atoms with E-state index in [4.69, 9.17) is 23.2 Å². The summed E-state index contributed by atoms with van der Waals surface area (Å²) in [7, 11) is 0. The van der Waals surface area contributed by atoms with Crippen LogP contribution in [0.5, 0.6) is 0 Å². The molecule has 1 aliphatic heterocycles. The molecule has 1 aromatic rings. The van der Waals surface area contributed by atoms with Crippen molar-refractivity contribution in [3.05, 3.63) is 28.2 Å². The first-order valence-corrected chi connectivity index (χ1v) is 7.84. The smallest absolute Gasteiger partial charge is 0.244 e. The van der Waals surface area contributed by atoms with Gasteiger partial charge in [-0.1, -0.05) is 36.0 Å². The molecule has 0 bridgehead atoms. The summed E-state index contributed by atoms with van der Waals surface area (Å²) in [5, 5.41) is 4.30. The minimum absolute atomic E-state index is 0.137. The van der Waals surface area contributed by atoms with Crippen LogP contribution in [0.15, 0.2) is 18.2 Å². The Labute approximate surface area is 130 Å². The summed E-state index contributed by atoms with van der Waals surface area (Å²) in [6.07, 6.45) is 4.63. The van der Waals surface area contributed by atoms with Crippen molar-refractivity contribution in [1.82, 2.24) is 4.90 Å². The number of hydrogen-bond acceptors (Lipinski definition) is 2. The number of likely N-dealkylation sites (tertiary alicyclic amines) is 1. The quantitative estimate of drug-likeness (QED) is 0.907. The Bertz CT molecular complexity index is 471. The van der Waals surface area contributed by atoms with Crippen LogP contribution in [0.1, 0.15) is 32.6 Å². The highest BCUT2D eigenvalue weighted by molar-refractivity contribution is 6.36. The molecular formula is C15H20Cl2N2O. The maximum Gasteiger partial charge on any atom is 0.244 e. The summed E-state index contributed by atoms with van der Waals surface area (Å²) in [6.45, 7) is 3.59. The largest absolute Gasteiger partial charge is 0.373 e. The minimum atomic E-state index is -0.285. The number of hydrogen-bond donors (Lipinski definition) is 1. The number of carbonyl (C=O) groups is 1. The van der Waals surface area contributed by atoms with E-state index < -0.39 is 0 Å². The highest BCUT2D eigenvalue weighted by Gasteiger charge is 2.21. The van der Waals surface area contributed by atoms with Gasteiger partial charge in [-0.3, -0.25) is 4.79 Å². The van der Waals surface area contributed by atoms with Gasteiger partial charge in [-0.25, -0.2) is 0 Å². The molecule has 1 atom stereocenters. The SMILES string of the molecule is CC(Nc1ccc(Cl)cc1Cl)C(=O)N1CCCCCC1. The molecule has 0 aromatic heterocycles. The molecule has 0 aliphatic carbocycles. The predicted octanol–water partition coefficient (Wildman–Crippen LogP) is 4.20. The highest BCUT2D eigenvalue weighted by Crippen LogP contribution is 2.26. The monoisotopic (exact) mass is 314 g/mol. The molecular weight excluding hydrogens is 295 g/mol. The standard InChI is InChI=1S/C15H20Cl2N2O/c1-11(15(20)19-8-4-2-3-5-9-19)18-14-7-6-12(16)10-13(14)17/h6-7,10-11,18H,2-5,8-9H2,1H3. The van der Waals surface area contributed by atoms with Crippen LogP contribution in [0.4, 0.5) is 5.69 Å². The lowest BCUT2D eigenvalue weighted by atomic mass is 10.2. The molecule has 1 fully saturated rings. The van der Waals surface area contributed by atoms with E-state index in [-0.39, 0.29) is 11.9 Å². The summed E-state index contributed by atoms with van der Waals surface area (Å²) in [4.78, 5) is 14.4. The number of nitrogens with zero attached hydrogens (tertiary/aromatic N) is 1. The van der Waals surface area contributed by atoms with Crippen LogP contribution in [0.25, 0.3) is 0 Å². The van der Waals surface area contributed by atoms with E-state index in [9.17, 15) is 4.79 Å². The Morgan fingerprint density at radius 3 is 2.45 bits per heavy atom. The van der Waals surface area contributed by atoms with Gasteiger partial charge in [0.25, 0.3) is 0 Å². The van der Waals surface area contributed by atoms with Gasteiger partial charge in [-0.15, -0.1) is 0 Å². The minimum Gasteiger partial charge on any atom is -0.373 e. The molecule has 1 saturated heterocycles. The zero-order valence-corrected chi connectivity index (χ0v) is 13.2. The van der Waals surface area contributed by atoms with E-state index in [2.05, 4.69) is 5.32 Å². The third kappa shape index (κ3) is 4.03. The molecule has 1 unspecified atom stereocenters. The summed E-state index contributed by atoms with van der Waals surface area (Å²) in [6, 6.07) is 4.96. The summed E-state index contributed by atoms with van der Waals surface area (Å²) < 4.78 is 0. The first kappa shape index (κ1) is 15.5. The van der Waals surface area contributed by atoms with Crippen LogP contribution >= 0.6 is 23.2 Å². The molecule has 1 N–H and O–H groups in total. The Hall–Kier alpha value is -0.930. The molecule has 20 heavy (non-hydrogen) atoms. The molecule has 1 aromatic carbocycles. The van der Waals surface area contributed by atoms with Crippen LogP contribution in [0.2, 0.25) is 10.0 Å². The summed E-state index contributed by atoms with van der Waals surface area (Å²) in [5.74, 6) is 0.137. The normalized spacial score (nSPS) is 17.4. The number of amides is 1. The van der Waals surface area contributed by atoms with E-state index in [0.717, 1.165) is 31.6 Å². The van der Waals surface area contributed by atoms with Crippen LogP contribution in [-0.4, -0.2) is 29.9 Å². The van der Waals surface area contributed by atoms with Gasteiger partial charge in [0.05, 0.1) is 10.7 Å². The van der Waals surface area contributed by atoms with E-state index in [1.807, 2.05) is 11.8 Å². The lowest BCUT2D eigenvalue weighted by molar-refractivity contribution is -0.131. The Morgan fingerprint density at radius 2 is 1.85 bits per heavy atom. The zero-order chi connectivity index (χ0) is 14.5. The second-order valence-corrected chi connectivity index (χ2v) is 6.07. The Morgan fingerprint density at radius 1 is 1.20 bits per heavy atom. The first-order chi connectivity index (χ1) is 9.58. The average molecular weight is 315 g/mol. The van der Waals surface area contributed by atoms with E-state index >= 15 is 0 Å². The number of rotatable bonds is 3. The zero-order valence-electron chi connectivity index (χ0n) is 11.7. The maximum atomic E-state index is 12.4. The summed E-state index contributed by atoms with van der Waals surface area (Å²) in [5.41, 5.74) is 0.742. The Kier molecular flexibility index (Phi) is 5.55. The third-order valence-corrected chi connectivity index (χ3v) is 4.14. The van der Waals surface area contributed by atoms with Crippen molar-refractivity contribution in [2.45, 2.75) is 38.6 Å². The fourth-order valence-corrected chi connectivity index (χ4v) is 2.93. The number of anilines is 1. The summed E-state index contributed by atoms with van der Waals surface area (Å²) >= 11 is 12.0. The van der Waals surface area contributed by atoms with Gasteiger partial charge in [0, 0.05) is 18.1 Å². The van der Waals surface area contributed by atoms with Crippen molar-refractivity contribution in [2.75, 3.05) is 18.4 Å². The molecule has 0 spiro atoms. The van der Waals surface area contributed by atoms with Crippen molar-refractivity contribution in [3.8, 4) is 0 Å². The number of nitrogens with one attached hydrogen (secondary N) is 1. The van der Waals surface area contributed by atoms with Crippen molar-refractivity contribution < 1.29 is 4.79 Å². The van der Waals surface area contributed by atoms with Gasteiger partial charge in [-0.2, -0.15) is 0 Å². The van der Waals surface area contributed by atoms with Crippen molar-refractivity contribution in [2.24, 2.45) is 0 Å². The fourth-order valence-electron chi connectivity index (χ4n) is 2.47. The van der Waals surface area contributed by atoms with Crippen LogP contribution < -0.4 is 5.32 Å². The second-order valence-electron chi connectivity index (χ2n) is 5.23. The van der Waals surface area contributed by atoms with Gasteiger partial charge >= 0.3 is 0 Å². The molecule has 1 aliphatic rings. The van der Waals surface area contributed by atoms with Crippen LogP contribution in [0, 0.1) is 0 Å². The van der Waals surface area contributed by atoms with Gasteiger partial charge in [0.15, 0.2) is 0 Å². The molecule has 1 heterocycles. The molecule has 3 nitrogen and oxygen atoms in total. The van der Waals surface area contributed by atoms with Crippen molar-refractivity contribution in [1.29, 1.82) is 0 Å². The van der Waals surface area contributed by atoms with E-state index in [1.54, 1.807) is 18.2 Å². The number of benzene rings is 1. The fraction of sp³-hybridized carbons (Fsp3) is 0.533. The second kappa shape index (κ2) is 7.19. The molecule has 110 valence electrons. The number of halogens is 2. The molecule has 2 rings (SSSR count). The van der Waals surface area contributed by atoms with Gasteiger partial charge in [0.1, 0.15) is 6.04 Å². The topological polar surface area (TPSA) is 32.3 Å². The van der Waals surface area contributed by atoms with Gasteiger partial charge in [0.2, 0.25) is 5.91 Å². The third-order valence-electron chi connectivity index (χ3n) is 3.59. The van der Waals surface area contributed by atoms with E-state index in [0.29, 0.717) is 10.0 Å². The van der Waals surface area contributed by atoms with Crippen molar-refractivity contribution in [3.63, 3.8) is 0 Å². The Balaban J connectivity index is 1.99. The van der Waals surface area contributed by atoms with Crippen LogP contribution in [0.3, 0.4) is 0 Å². The lowest BCUT2D eigenvalue weighted by Crippen LogP contribution is -2.41. The molecule has 1 amide bonds.